The van der Waals surface area contributed by atoms with Crippen molar-refractivity contribution < 1.29 is 29.3 Å². The van der Waals surface area contributed by atoms with Crippen molar-refractivity contribution in [3.05, 3.63) is 60.8 Å². The van der Waals surface area contributed by atoms with Crippen molar-refractivity contribution in [2.45, 2.75) is 148 Å². The van der Waals surface area contributed by atoms with Gasteiger partial charge in [0.15, 0.2) is 0 Å². The molecule has 2 atom stereocenters. The third-order valence-electron chi connectivity index (χ3n) is 6.92. The Bertz CT molecular complexity index is 795. The first-order valence-corrected chi connectivity index (χ1v) is 16.9. The molecular formula is C37H62O6. The minimum Gasteiger partial charge on any atom is -0.463 e. The van der Waals surface area contributed by atoms with Crippen molar-refractivity contribution in [3.8, 4) is 0 Å². The molecular weight excluding hydrogens is 540 g/mol. The fourth-order valence-corrected chi connectivity index (χ4v) is 4.19. The number of esters is 2. The number of hydrogen-bond acceptors (Lipinski definition) is 6. The van der Waals surface area contributed by atoms with Crippen LogP contribution in [0.1, 0.15) is 136 Å². The highest BCUT2D eigenvalue weighted by molar-refractivity contribution is 5.69. The van der Waals surface area contributed by atoms with Crippen LogP contribution in [0.2, 0.25) is 0 Å². The van der Waals surface area contributed by atoms with Crippen molar-refractivity contribution in [2.24, 2.45) is 0 Å². The second-order valence-electron chi connectivity index (χ2n) is 11.1. The maximum atomic E-state index is 11.9. The molecule has 0 radical (unpaired) electrons. The lowest BCUT2D eigenvalue weighted by atomic mass is 10.1. The van der Waals surface area contributed by atoms with Gasteiger partial charge in [-0.3, -0.25) is 9.59 Å². The molecule has 0 aliphatic heterocycles. The lowest BCUT2D eigenvalue weighted by Crippen LogP contribution is -2.25. The second-order valence-corrected chi connectivity index (χ2v) is 11.1. The molecule has 0 fully saturated rings. The Morgan fingerprint density at radius 3 is 1.58 bits per heavy atom. The minimum atomic E-state index is -0.995. The quantitative estimate of drug-likeness (QED) is 0.0384. The summed E-state index contributed by atoms with van der Waals surface area (Å²) in [5.74, 6) is -0.656. The van der Waals surface area contributed by atoms with E-state index in [0.29, 0.717) is 19.3 Å². The van der Waals surface area contributed by atoms with Crippen molar-refractivity contribution in [2.75, 3.05) is 13.2 Å². The van der Waals surface area contributed by atoms with Crippen LogP contribution in [0.25, 0.3) is 0 Å². The molecule has 0 spiro atoms. The molecule has 2 N–H and O–H groups in total. The number of rotatable bonds is 29. The highest BCUT2D eigenvalue weighted by Gasteiger charge is 2.11. The zero-order valence-corrected chi connectivity index (χ0v) is 27.3. The number of carbonyl (C=O) groups excluding carboxylic acids is 2. The number of allylic oxidation sites excluding steroid dienone is 9. The summed E-state index contributed by atoms with van der Waals surface area (Å²) in [4.78, 5) is 23.8. The topological polar surface area (TPSA) is 93.1 Å². The Hall–Kier alpha value is -2.44. The predicted molar refractivity (Wildman–Crippen MR) is 179 cm³/mol. The average Bonchev–Trinajstić information content (AvgIpc) is 3.01. The van der Waals surface area contributed by atoms with Crippen LogP contribution in [0, 0.1) is 0 Å². The molecule has 6 heteroatoms. The zero-order valence-electron chi connectivity index (χ0n) is 27.3. The first-order chi connectivity index (χ1) is 21.0. The van der Waals surface area contributed by atoms with Crippen LogP contribution in [0.5, 0.6) is 0 Å². The van der Waals surface area contributed by atoms with Crippen LogP contribution >= 0.6 is 0 Å². The Morgan fingerprint density at radius 1 is 0.581 bits per heavy atom. The molecule has 6 nitrogen and oxygen atoms in total. The van der Waals surface area contributed by atoms with E-state index >= 15 is 0 Å². The Labute approximate surface area is 263 Å². The Kier molecular flexibility index (Phi) is 30.6. The summed E-state index contributed by atoms with van der Waals surface area (Å²) in [7, 11) is 0. The van der Waals surface area contributed by atoms with Gasteiger partial charge in [0.1, 0.15) is 19.3 Å². The van der Waals surface area contributed by atoms with Gasteiger partial charge in [0, 0.05) is 12.8 Å². The highest BCUT2D eigenvalue weighted by atomic mass is 16.6. The van der Waals surface area contributed by atoms with Crippen LogP contribution in [0.4, 0.5) is 0 Å². The van der Waals surface area contributed by atoms with E-state index in [-0.39, 0.29) is 31.3 Å². The van der Waals surface area contributed by atoms with E-state index in [0.717, 1.165) is 51.4 Å². The largest absolute Gasteiger partial charge is 0.463 e. The summed E-state index contributed by atoms with van der Waals surface area (Å²) in [6, 6.07) is 0. The van der Waals surface area contributed by atoms with Crippen molar-refractivity contribution in [1.29, 1.82) is 0 Å². The molecule has 0 aromatic rings. The number of aliphatic hydroxyl groups is 2. The van der Waals surface area contributed by atoms with E-state index in [2.05, 4.69) is 49.5 Å². The number of ether oxygens (including phenoxy) is 2. The van der Waals surface area contributed by atoms with Crippen molar-refractivity contribution >= 4 is 11.9 Å². The molecule has 0 unspecified atom stereocenters. The summed E-state index contributed by atoms with van der Waals surface area (Å²) < 4.78 is 10.2. The molecule has 0 saturated carbocycles. The molecule has 0 heterocycles. The van der Waals surface area contributed by atoms with Crippen molar-refractivity contribution in [1.82, 2.24) is 0 Å². The van der Waals surface area contributed by atoms with E-state index in [1.807, 2.05) is 19.1 Å². The fraction of sp³-hybridized carbons (Fsp3) is 0.676. The normalized spacial score (nSPS) is 13.7. The lowest BCUT2D eigenvalue weighted by Gasteiger charge is -2.12. The number of unbranched alkanes of at least 4 members (excludes halogenated alkanes) is 11. The molecule has 0 saturated heterocycles. The predicted octanol–water partition coefficient (Wildman–Crippen LogP) is 9.03. The molecule has 0 aromatic carbocycles. The average molecular weight is 603 g/mol. The summed E-state index contributed by atoms with van der Waals surface area (Å²) in [6.45, 7) is 3.89. The van der Waals surface area contributed by atoms with Gasteiger partial charge >= 0.3 is 11.9 Å². The van der Waals surface area contributed by atoms with Gasteiger partial charge in [-0.05, 0) is 44.9 Å². The molecule has 0 aliphatic rings. The molecule has 0 bridgehead atoms. The van der Waals surface area contributed by atoms with E-state index in [1.165, 1.54) is 51.4 Å². The zero-order chi connectivity index (χ0) is 31.6. The maximum absolute atomic E-state index is 11.9. The van der Waals surface area contributed by atoms with Gasteiger partial charge < -0.3 is 19.7 Å². The van der Waals surface area contributed by atoms with Crippen LogP contribution in [-0.4, -0.2) is 47.6 Å². The standard InChI is InChI=1S/C37H62O6/c1-3-5-6-7-8-9-14-18-21-24-27-30-36(40)42-32-35(39)33-43-37(41)31-28-25-22-19-16-13-11-10-12-15-17-20-23-26-29-34(38)4-2/h11-13,15,19-20,22-23,26,29,34-35,38-39H,3-10,14,16-18,21,24-25,27-28,30-33H2,1-2H3/b13-11-,15-12-,22-19-,23-20-,29-26+/t34-,35+/m0/s1. The summed E-state index contributed by atoms with van der Waals surface area (Å²) >= 11 is 0. The van der Waals surface area contributed by atoms with Gasteiger partial charge in [0.05, 0.1) is 6.10 Å². The minimum absolute atomic E-state index is 0.143. The number of hydrogen-bond donors (Lipinski definition) is 2. The Morgan fingerprint density at radius 2 is 1.05 bits per heavy atom. The third-order valence-corrected chi connectivity index (χ3v) is 6.92. The number of carbonyl (C=O) groups is 2. The smallest absolute Gasteiger partial charge is 0.305 e. The lowest BCUT2D eigenvalue weighted by molar-refractivity contribution is -0.152. The first-order valence-electron chi connectivity index (χ1n) is 16.9. The van der Waals surface area contributed by atoms with E-state index in [4.69, 9.17) is 9.47 Å². The Balaban J connectivity index is 3.62. The van der Waals surface area contributed by atoms with Gasteiger partial charge in [0.2, 0.25) is 0 Å². The van der Waals surface area contributed by atoms with Gasteiger partial charge in [0.25, 0.3) is 0 Å². The highest BCUT2D eigenvalue weighted by Crippen LogP contribution is 2.12. The maximum Gasteiger partial charge on any atom is 0.305 e. The summed E-state index contributed by atoms with van der Waals surface area (Å²) in [5, 5.41) is 19.4. The summed E-state index contributed by atoms with van der Waals surface area (Å²) in [5.41, 5.74) is 0. The van der Waals surface area contributed by atoms with Crippen LogP contribution in [-0.2, 0) is 19.1 Å². The van der Waals surface area contributed by atoms with Crippen molar-refractivity contribution in [3.63, 3.8) is 0 Å². The van der Waals surface area contributed by atoms with E-state index < -0.39 is 6.10 Å². The third kappa shape index (κ3) is 32.3. The monoisotopic (exact) mass is 602 g/mol. The molecule has 0 aromatic heterocycles. The SMILES string of the molecule is CCCCCCCCCCCCCC(=O)OC[C@@H](O)COC(=O)CCC/C=C\C/C=C\C/C=C\C/C=C\C=C\[C@@H](O)CC. The molecule has 246 valence electrons. The van der Waals surface area contributed by atoms with Crippen LogP contribution in [0.3, 0.4) is 0 Å². The molecule has 0 aliphatic carbocycles. The van der Waals surface area contributed by atoms with E-state index in [9.17, 15) is 19.8 Å². The number of aliphatic hydroxyl groups excluding tert-OH is 2. The molecule has 0 amide bonds. The van der Waals surface area contributed by atoms with Crippen LogP contribution in [0.15, 0.2) is 60.8 Å². The van der Waals surface area contributed by atoms with Gasteiger partial charge in [-0.2, -0.15) is 0 Å². The van der Waals surface area contributed by atoms with Gasteiger partial charge in [-0.25, -0.2) is 0 Å². The second kappa shape index (κ2) is 32.5. The van der Waals surface area contributed by atoms with Gasteiger partial charge in [-0.15, -0.1) is 0 Å². The van der Waals surface area contributed by atoms with E-state index in [1.54, 1.807) is 6.08 Å². The first kappa shape index (κ1) is 40.6. The fourth-order valence-electron chi connectivity index (χ4n) is 4.19. The summed E-state index contributed by atoms with van der Waals surface area (Å²) in [6.07, 6.45) is 37.9. The van der Waals surface area contributed by atoms with Gasteiger partial charge in [-0.1, -0.05) is 139 Å². The van der Waals surface area contributed by atoms with Crippen LogP contribution < -0.4 is 0 Å². The molecule has 0 rings (SSSR count). The molecule has 43 heavy (non-hydrogen) atoms.